The molecule has 0 unspecified atom stereocenters. The average Bonchev–Trinajstić information content (AvgIpc) is 2.34. The van der Waals surface area contributed by atoms with Crippen LogP contribution in [-0.2, 0) is 6.54 Å². The molecule has 4 nitrogen and oxygen atoms in total. The molecule has 0 saturated heterocycles. The Kier molecular flexibility index (Phi) is 3.88. The normalized spacial score (nSPS) is 10.4. The molecule has 0 radical (unpaired) electrons. The second-order valence-corrected chi connectivity index (χ2v) is 4.02. The summed E-state index contributed by atoms with van der Waals surface area (Å²) in [5, 5.41) is 9.77. The Morgan fingerprint density at radius 2 is 1.89 bits per heavy atom. The highest BCUT2D eigenvalue weighted by Crippen LogP contribution is 2.18. The number of hydrogen-bond acceptors (Lipinski definition) is 4. The van der Waals surface area contributed by atoms with Crippen LogP contribution < -0.4 is 5.32 Å². The first-order valence-electron chi connectivity index (χ1n) is 4.80. The van der Waals surface area contributed by atoms with Gasteiger partial charge in [0.15, 0.2) is 22.6 Å². The van der Waals surface area contributed by atoms with Crippen LogP contribution in [0.25, 0.3) is 0 Å². The van der Waals surface area contributed by atoms with Crippen LogP contribution in [0.3, 0.4) is 0 Å². The first kappa shape index (κ1) is 12.9. The van der Waals surface area contributed by atoms with Crippen molar-refractivity contribution in [2.45, 2.75) is 6.54 Å². The van der Waals surface area contributed by atoms with E-state index < -0.39 is 11.6 Å². The highest BCUT2D eigenvalue weighted by atomic mass is 35.5. The van der Waals surface area contributed by atoms with E-state index in [1.54, 1.807) is 0 Å². The molecule has 2 aromatic rings. The summed E-state index contributed by atoms with van der Waals surface area (Å²) < 4.78 is 25.7. The van der Waals surface area contributed by atoms with Gasteiger partial charge in [0.2, 0.25) is 5.28 Å². The molecule has 1 heterocycles. The van der Waals surface area contributed by atoms with Crippen molar-refractivity contribution < 1.29 is 8.78 Å². The van der Waals surface area contributed by atoms with Crippen molar-refractivity contribution in [2.75, 3.05) is 5.32 Å². The Morgan fingerprint density at radius 1 is 1.11 bits per heavy atom. The van der Waals surface area contributed by atoms with Gasteiger partial charge in [0, 0.05) is 6.54 Å². The number of halogens is 4. The third-order valence-corrected chi connectivity index (χ3v) is 2.48. The van der Waals surface area contributed by atoms with Crippen LogP contribution in [0.2, 0.25) is 10.4 Å². The molecule has 0 atom stereocenters. The molecule has 94 valence electrons. The van der Waals surface area contributed by atoms with Gasteiger partial charge in [-0.05, 0) is 29.3 Å². The van der Waals surface area contributed by atoms with E-state index in [9.17, 15) is 8.78 Å². The molecule has 8 heteroatoms. The number of nitrogens with zero attached hydrogens (tertiary/aromatic N) is 3. The maximum atomic E-state index is 13.0. The molecule has 0 aliphatic rings. The van der Waals surface area contributed by atoms with Crippen molar-refractivity contribution in [3.05, 3.63) is 45.8 Å². The van der Waals surface area contributed by atoms with Gasteiger partial charge in [0.1, 0.15) is 0 Å². The Bertz CT molecular complexity index is 580. The number of rotatable bonds is 3. The number of anilines is 1. The standard InChI is InChI=1S/C10H6Cl2F2N4/c11-8-9(16-10(12)18-17-8)15-4-5-1-2-6(13)7(14)3-5/h1-3H,4H2,(H,15,16,18). The van der Waals surface area contributed by atoms with Gasteiger partial charge in [0.25, 0.3) is 0 Å². The van der Waals surface area contributed by atoms with E-state index in [0.29, 0.717) is 5.56 Å². The molecule has 0 bridgehead atoms. The van der Waals surface area contributed by atoms with Crippen molar-refractivity contribution in [1.82, 2.24) is 15.2 Å². The number of nitrogens with one attached hydrogen (secondary N) is 1. The molecule has 0 aliphatic heterocycles. The van der Waals surface area contributed by atoms with Gasteiger partial charge in [0.05, 0.1) is 0 Å². The van der Waals surface area contributed by atoms with Gasteiger partial charge >= 0.3 is 0 Å². The van der Waals surface area contributed by atoms with E-state index in [2.05, 4.69) is 20.5 Å². The van der Waals surface area contributed by atoms with Gasteiger partial charge in [-0.25, -0.2) is 8.78 Å². The van der Waals surface area contributed by atoms with Crippen molar-refractivity contribution in [1.29, 1.82) is 0 Å². The highest BCUT2D eigenvalue weighted by Gasteiger charge is 2.07. The molecule has 0 fully saturated rings. The van der Waals surface area contributed by atoms with Gasteiger partial charge < -0.3 is 5.32 Å². The fourth-order valence-electron chi connectivity index (χ4n) is 1.24. The zero-order valence-electron chi connectivity index (χ0n) is 8.79. The second kappa shape index (κ2) is 5.41. The van der Waals surface area contributed by atoms with Crippen molar-refractivity contribution in [2.24, 2.45) is 0 Å². The third-order valence-electron chi connectivity index (χ3n) is 2.06. The summed E-state index contributed by atoms with van der Waals surface area (Å²) >= 11 is 11.3. The molecule has 1 N–H and O–H groups in total. The minimum Gasteiger partial charge on any atom is -0.363 e. The van der Waals surface area contributed by atoms with Gasteiger partial charge in [-0.3, -0.25) is 0 Å². The van der Waals surface area contributed by atoms with Gasteiger partial charge in [-0.2, -0.15) is 4.98 Å². The van der Waals surface area contributed by atoms with E-state index in [0.717, 1.165) is 12.1 Å². The van der Waals surface area contributed by atoms with E-state index >= 15 is 0 Å². The Morgan fingerprint density at radius 3 is 2.61 bits per heavy atom. The molecule has 0 saturated carbocycles. The molecule has 0 amide bonds. The Balaban J connectivity index is 2.11. The van der Waals surface area contributed by atoms with Crippen LogP contribution >= 0.6 is 23.2 Å². The van der Waals surface area contributed by atoms with Crippen molar-refractivity contribution in [3.63, 3.8) is 0 Å². The first-order chi connectivity index (χ1) is 8.56. The monoisotopic (exact) mass is 290 g/mol. The summed E-state index contributed by atoms with van der Waals surface area (Å²) in [4.78, 5) is 3.81. The summed E-state index contributed by atoms with van der Waals surface area (Å²) in [7, 11) is 0. The molecule has 0 spiro atoms. The van der Waals surface area contributed by atoms with Crippen LogP contribution in [0.4, 0.5) is 14.6 Å². The topological polar surface area (TPSA) is 50.7 Å². The van der Waals surface area contributed by atoms with Crippen LogP contribution in [0.1, 0.15) is 5.56 Å². The SMILES string of the molecule is Fc1ccc(CNc2nc(Cl)nnc2Cl)cc1F. The van der Waals surface area contributed by atoms with Gasteiger partial charge in [-0.15, -0.1) is 10.2 Å². The number of benzene rings is 1. The van der Waals surface area contributed by atoms with Crippen LogP contribution in [0.5, 0.6) is 0 Å². The minimum atomic E-state index is -0.917. The summed E-state index contributed by atoms with van der Waals surface area (Å²) in [6, 6.07) is 3.56. The fourth-order valence-corrected chi connectivity index (χ4v) is 1.51. The summed E-state index contributed by atoms with van der Waals surface area (Å²) in [5.74, 6) is -1.59. The predicted octanol–water partition coefficient (Wildman–Crippen LogP) is 3.07. The van der Waals surface area contributed by atoms with Crippen LogP contribution in [0, 0.1) is 11.6 Å². The van der Waals surface area contributed by atoms with E-state index in [4.69, 9.17) is 23.2 Å². The first-order valence-corrected chi connectivity index (χ1v) is 5.55. The van der Waals surface area contributed by atoms with Gasteiger partial charge in [-0.1, -0.05) is 17.7 Å². The fraction of sp³-hybridized carbons (Fsp3) is 0.100. The highest BCUT2D eigenvalue weighted by molar-refractivity contribution is 6.32. The number of hydrogen-bond donors (Lipinski definition) is 1. The van der Waals surface area contributed by atoms with Crippen molar-refractivity contribution >= 4 is 29.0 Å². The minimum absolute atomic E-state index is 0.0435. The lowest BCUT2D eigenvalue weighted by Crippen LogP contribution is -2.04. The summed E-state index contributed by atoms with van der Waals surface area (Å²) in [5.41, 5.74) is 0.528. The molecule has 1 aromatic heterocycles. The maximum absolute atomic E-state index is 13.0. The quantitative estimate of drug-likeness (QED) is 0.944. The number of aromatic nitrogens is 3. The third kappa shape index (κ3) is 3.02. The van der Waals surface area contributed by atoms with Crippen molar-refractivity contribution in [3.8, 4) is 0 Å². The molecule has 1 aromatic carbocycles. The molecular weight excluding hydrogens is 285 g/mol. The molecule has 0 aliphatic carbocycles. The van der Waals surface area contributed by atoms with E-state index in [1.807, 2.05) is 0 Å². The lowest BCUT2D eigenvalue weighted by Gasteiger charge is -2.06. The average molecular weight is 291 g/mol. The zero-order valence-corrected chi connectivity index (χ0v) is 10.3. The molecule has 18 heavy (non-hydrogen) atoms. The Labute approximate surface area is 111 Å². The van der Waals surface area contributed by atoms with Crippen LogP contribution in [0.15, 0.2) is 18.2 Å². The smallest absolute Gasteiger partial charge is 0.245 e. The zero-order chi connectivity index (χ0) is 13.1. The maximum Gasteiger partial charge on any atom is 0.245 e. The second-order valence-electron chi connectivity index (χ2n) is 3.32. The lowest BCUT2D eigenvalue weighted by atomic mass is 10.2. The lowest BCUT2D eigenvalue weighted by molar-refractivity contribution is 0.507. The van der Waals surface area contributed by atoms with Crippen LogP contribution in [-0.4, -0.2) is 15.2 Å². The largest absolute Gasteiger partial charge is 0.363 e. The molecule has 2 rings (SSSR count). The predicted molar refractivity (Wildman–Crippen MR) is 63.5 cm³/mol. The van der Waals surface area contributed by atoms with E-state index in [1.165, 1.54) is 6.07 Å². The summed E-state index contributed by atoms with van der Waals surface area (Å²) in [6.07, 6.45) is 0. The Hall–Kier alpha value is -1.53. The summed E-state index contributed by atoms with van der Waals surface area (Å²) in [6.45, 7) is 0.200. The van der Waals surface area contributed by atoms with E-state index in [-0.39, 0.29) is 22.8 Å². The molecular formula is C10H6Cl2F2N4.